The standard InChI is InChI=1S/C14H22FNO/c1-5-7-10(2)14(16-3)13-11(15)8-6-9-12(13)17-4/h6,8-10,14,16H,5,7H2,1-4H3. The maximum atomic E-state index is 14.0. The average molecular weight is 239 g/mol. The summed E-state index contributed by atoms with van der Waals surface area (Å²) in [5.41, 5.74) is 0.637. The Morgan fingerprint density at radius 2 is 2.12 bits per heavy atom. The van der Waals surface area contributed by atoms with Gasteiger partial charge in [-0.2, -0.15) is 0 Å². The van der Waals surface area contributed by atoms with Gasteiger partial charge >= 0.3 is 0 Å². The van der Waals surface area contributed by atoms with Crippen LogP contribution in [0.25, 0.3) is 0 Å². The molecule has 2 atom stereocenters. The molecule has 0 aliphatic rings. The van der Waals surface area contributed by atoms with Crippen molar-refractivity contribution < 1.29 is 9.13 Å². The molecule has 3 heteroatoms. The average Bonchev–Trinajstić information content (AvgIpc) is 2.32. The van der Waals surface area contributed by atoms with E-state index in [1.807, 2.05) is 7.05 Å². The second-order valence-electron chi connectivity index (χ2n) is 4.39. The van der Waals surface area contributed by atoms with Gasteiger partial charge in [0.2, 0.25) is 0 Å². The summed E-state index contributed by atoms with van der Waals surface area (Å²) in [5.74, 6) is 0.787. The highest BCUT2D eigenvalue weighted by atomic mass is 19.1. The Morgan fingerprint density at radius 1 is 1.41 bits per heavy atom. The zero-order valence-corrected chi connectivity index (χ0v) is 11.1. The zero-order valence-electron chi connectivity index (χ0n) is 11.1. The molecule has 1 rings (SSSR count). The quantitative estimate of drug-likeness (QED) is 0.820. The molecular weight excluding hydrogens is 217 g/mol. The first-order chi connectivity index (χ1) is 8.15. The number of ether oxygens (including phenoxy) is 1. The van der Waals surface area contributed by atoms with E-state index >= 15 is 0 Å². The van der Waals surface area contributed by atoms with Crippen LogP contribution in [-0.4, -0.2) is 14.2 Å². The van der Waals surface area contributed by atoms with Gasteiger partial charge in [0.15, 0.2) is 0 Å². The van der Waals surface area contributed by atoms with Crippen LogP contribution in [-0.2, 0) is 0 Å². The van der Waals surface area contributed by atoms with E-state index in [1.54, 1.807) is 19.2 Å². The molecule has 0 saturated heterocycles. The highest BCUT2D eigenvalue weighted by Crippen LogP contribution is 2.33. The van der Waals surface area contributed by atoms with Crippen LogP contribution in [0.5, 0.6) is 5.75 Å². The van der Waals surface area contributed by atoms with Crippen molar-refractivity contribution in [2.75, 3.05) is 14.2 Å². The van der Waals surface area contributed by atoms with Gasteiger partial charge in [0.25, 0.3) is 0 Å². The van der Waals surface area contributed by atoms with E-state index in [0.717, 1.165) is 12.8 Å². The van der Waals surface area contributed by atoms with Crippen LogP contribution in [0.4, 0.5) is 4.39 Å². The molecule has 2 unspecified atom stereocenters. The summed E-state index contributed by atoms with van der Waals surface area (Å²) in [6.07, 6.45) is 2.15. The van der Waals surface area contributed by atoms with E-state index < -0.39 is 0 Å². The number of benzene rings is 1. The Hall–Kier alpha value is -1.09. The van der Waals surface area contributed by atoms with E-state index in [4.69, 9.17) is 4.74 Å². The Labute approximate surface area is 103 Å². The van der Waals surface area contributed by atoms with Gasteiger partial charge in [-0.25, -0.2) is 4.39 Å². The fourth-order valence-electron chi connectivity index (χ4n) is 2.33. The van der Waals surface area contributed by atoms with Crippen molar-refractivity contribution in [3.8, 4) is 5.75 Å². The summed E-state index contributed by atoms with van der Waals surface area (Å²) in [5, 5.41) is 3.20. The number of halogens is 1. The van der Waals surface area contributed by atoms with Gasteiger partial charge in [0, 0.05) is 11.6 Å². The number of hydrogen-bond acceptors (Lipinski definition) is 2. The molecule has 1 N–H and O–H groups in total. The Morgan fingerprint density at radius 3 is 2.65 bits per heavy atom. The molecule has 0 heterocycles. The SMILES string of the molecule is CCCC(C)C(NC)c1c(F)cccc1OC. The summed E-state index contributed by atoms with van der Waals surface area (Å²) in [4.78, 5) is 0. The van der Waals surface area contributed by atoms with Gasteiger partial charge in [0.05, 0.1) is 7.11 Å². The Balaban J connectivity index is 3.10. The third kappa shape index (κ3) is 3.19. The summed E-state index contributed by atoms with van der Waals surface area (Å²) in [7, 11) is 3.44. The Bertz CT molecular complexity index is 354. The van der Waals surface area contributed by atoms with Crippen LogP contribution in [0.1, 0.15) is 38.3 Å². The van der Waals surface area contributed by atoms with Crippen LogP contribution >= 0.6 is 0 Å². The maximum Gasteiger partial charge on any atom is 0.131 e. The van der Waals surface area contributed by atoms with Gasteiger partial charge in [-0.3, -0.25) is 0 Å². The van der Waals surface area contributed by atoms with E-state index in [0.29, 0.717) is 17.2 Å². The monoisotopic (exact) mass is 239 g/mol. The fourth-order valence-corrected chi connectivity index (χ4v) is 2.33. The molecule has 0 saturated carbocycles. The molecule has 0 radical (unpaired) electrons. The molecule has 1 aromatic carbocycles. The molecule has 0 spiro atoms. The van der Waals surface area contributed by atoms with E-state index in [2.05, 4.69) is 19.2 Å². The van der Waals surface area contributed by atoms with Gasteiger partial charge in [-0.15, -0.1) is 0 Å². The molecular formula is C14H22FNO. The lowest BCUT2D eigenvalue weighted by atomic mass is 9.90. The molecule has 0 fully saturated rings. The minimum atomic E-state index is -0.202. The van der Waals surface area contributed by atoms with Gasteiger partial charge in [0.1, 0.15) is 11.6 Å². The van der Waals surface area contributed by atoms with E-state index in [9.17, 15) is 4.39 Å². The normalized spacial score (nSPS) is 14.4. The second-order valence-corrected chi connectivity index (χ2v) is 4.39. The van der Waals surface area contributed by atoms with Crippen molar-refractivity contribution in [2.24, 2.45) is 5.92 Å². The molecule has 0 aliphatic carbocycles. The number of hydrogen-bond donors (Lipinski definition) is 1. The molecule has 0 aromatic heterocycles. The number of rotatable bonds is 6. The largest absolute Gasteiger partial charge is 0.496 e. The lowest BCUT2D eigenvalue weighted by Crippen LogP contribution is -2.25. The van der Waals surface area contributed by atoms with Gasteiger partial charge in [-0.1, -0.05) is 26.3 Å². The molecule has 1 aromatic rings. The summed E-state index contributed by atoms with van der Waals surface area (Å²) in [6.45, 7) is 4.28. The summed E-state index contributed by atoms with van der Waals surface area (Å²) >= 11 is 0. The lowest BCUT2D eigenvalue weighted by molar-refractivity contribution is 0.345. The second kappa shape index (κ2) is 6.60. The van der Waals surface area contributed by atoms with Crippen molar-refractivity contribution in [2.45, 2.75) is 32.7 Å². The highest BCUT2D eigenvalue weighted by Gasteiger charge is 2.23. The highest BCUT2D eigenvalue weighted by molar-refractivity contribution is 5.37. The van der Waals surface area contributed by atoms with Crippen LogP contribution in [0.15, 0.2) is 18.2 Å². The third-order valence-corrected chi connectivity index (χ3v) is 3.17. The van der Waals surface area contributed by atoms with Crippen molar-refractivity contribution in [3.63, 3.8) is 0 Å². The van der Waals surface area contributed by atoms with Gasteiger partial charge < -0.3 is 10.1 Å². The molecule has 2 nitrogen and oxygen atoms in total. The number of nitrogens with one attached hydrogen (secondary N) is 1. The summed E-state index contributed by atoms with van der Waals surface area (Å²) in [6, 6.07) is 4.96. The predicted octanol–water partition coefficient (Wildman–Crippen LogP) is 3.53. The van der Waals surface area contributed by atoms with Crippen LogP contribution in [0.2, 0.25) is 0 Å². The third-order valence-electron chi connectivity index (χ3n) is 3.17. The Kier molecular flexibility index (Phi) is 5.42. The predicted molar refractivity (Wildman–Crippen MR) is 68.8 cm³/mol. The number of methoxy groups -OCH3 is 1. The smallest absolute Gasteiger partial charge is 0.131 e. The summed E-state index contributed by atoms with van der Waals surface area (Å²) < 4.78 is 19.2. The van der Waals surface area contributed by atoms with E-state index in [-0.39, 0.29) is 11.9 Å². The molecule has 17 heavy (non-hydrogen) atoms. The van der Waals surface area contributed by atoms with Crippen LogP contribution in [0, 0.1) is 11.7 Å². The van der Waals surface area contributed by atoms with Gasteiger partial charge in [-0.05, 0) is 31.5 Å². The van der Waals surface area contributed by atoms with Crippen molar-refractivity contribution in [1.82, 2.24) is 5.32 Å². The first kappa shape index (κ1) is 14.0. The molecule has 0 aliphatic heterocycles. The van der Waals surface area contributed by atoms with Crippen molar-refractivity contribution >= 4 is 0 Å². The molecule has 96 valence electrons. The zero-order chi connectivity index (χ0) is 12.8. The topological polar surface area (TPSA) is 21.3 Å². The molecule has 0 bridgehead atoms. The fraction of sp³-hybridized carbons (Fsp3) is 0.571. The molecule has 0 amide bonds. The van der Waals surface area contributed by atoms with Crippen LogP contribution in [0.3, 0.4) is 0 Å². The first-order valence-electron chi connectivity index (χ1n) is 6.15. The van der Waals surface area contributed by atoms with Crippen molar-refractivity contribution in [3.05, 3.63) is 29.6 Å². The minimum absolute atomic E-state index is 0.00824. The minimum Gasteiger partial charge on any atom is -0.496 e. The van der Waals surface area contributed by atoms with Crippen LogP contribution < -0.4 is 10.1 Å². The van der Waals surface area contributed by atoms with Crippen molar-refractivity contribution in [1.29, 1.82) is 0 Å². The maximum absolute atomic E-state index is 14.0. The van der Waals surface area contributed by atoms with E-state index in [1.165, 1.54) is 6.07 Å². The lowest BCUT2D eigenvalue weighted by Gasteiger charge is -2.25. The first-order valence-corrected chi connectivity index (χ1v) is 6.15.